The van der Waals surface area contributed by atoms with E-state index in [-0.39, 0.29) is 17.3 Å². The molecular formula is C21H33N3O4S. The van der Waals surface area contributed by atoms with Crippen molar-refractivity contribution in [2.45, 2.75) is 43.4 Å². The molecule has 0 saturated carbocycles. The number of rotatable bonds is 7. The highest BCUT2D eigenvalue weighted by atomic mass is 32.2. The molecule has 0 bridgehead atoms. The van der Waals surface area contributed by atoms with Crippen LogP contribution >= 0.6 is 11.8 Å². The number of nitrogens with zero attached hydrogens (tertiary/aromatic N) is 2. The molecule has 1 aromatic rings. The Morgan fingerprint density at radius 2 is 1.76 bits per heavy atom. The minimum Gasteiger partial charge on any atom is -0.497 e. The minimum atomic E-state index is -0.473. The average Bonchev–Trinajstić information content (AvgIpc) is 2.67. The van der Waals surface area contributed by atoms with E-state index >= 15 is 0 Å². The first kappa shape index (κ1) is 23.3. The smallest absolute Gasteiger partial charge is 0.410 e. The van der Waals surface area contributed by atoms with E-state index in [2.05, 4.69) is 10.2 Å². The Balaban J connectivity index is 1.65. The van der Waals surface area contributed by atoms with Crippen LogP contribution in [0, 0.1) is 0 Å². The third-order valence-corrected chi connectivity index (χ3v) is 5.60. The molecule has 29 heavy (non-hydrogen) atoms. The molecule has 0 radical (unpaired) electrons. The zero-order valence-corrected chi connectivity index (χ0v) is 18.9. The lowest BCUT2D eigenvalue weighted by Gasteiger charge is -2.35. The number of carbonyl (C=O) groups excluding carboxylic acids is 2. The molecule has 1 aliphatic heterocycles. The zero-order valence-electron chi connectivity index (χ0n) is 18.1. The predicted octanol–water partition coefficient (Wildman–Crippen LogP) is 2.84. The third kappa shape index (κ3) is 8.14. The van der Waals surface area contributed by atoms with Crippen LogP contribution in [-0.2, 0) is 9.53 Å². The number of thioether (sulfide) groups is 1. The molecule has 8 heteroatoms. The van der Waals surface area contributed by atoms with Gasteiger partial charge in [0, 0.05) is 44.2 Å². The first-order chi connectivity index (χ1) is 13.7. The summed E-state index contributed by atoms with van der Waals surface area (Å²) in [5, 5.41) is 2.83. The summed E-state index contributed by atoms with van der Waals surface area (Å²) in [6, 6.07) is 7.70. The second kappa shape index (κ2) is 10.7. The summed E-state index contributed by atoms with van der Waals surface area (Å²) < 4.78 is 10.6. The van der Waals surface area contributed by atoms with Crippen LogP contribution in [-0.4, -0.2) is 79.0 Å². The molecule has 2 amide bonds. The maximum absolute atomic E-state index is 12.3. The van der Waals surface area contributed by atoms with Gasteiger partial charge in [-0.05, 0) is 52.0 Å². The van der Waals surface area contributed by atoms with Crippen molar-refractivity contribution in [3.8, 4) is 5.75 Å². The molecular weight excluding hydrogens is 390 g/mol. The SMILES string of the molecule is COc1ccc(SC(C)C(=O)NCCN2CCN(C(=O)OC(C)(C)C)CC2)cc1. The van der Waals surface area contributed by atoms with Gasteiger partial charge in [-0.25, -0.2) is 4.79 Å². The molecule has 1 N–H and O–H groups in total. The number of piperazine rings is 1. The molecule has 2 rings (SSSR count). The first-order valence-electron chi connectivity index (χ1n) is 9.96. The Kier molecular flexibility index (Phi) is 8.64. The molecule has 1 atom stereocenters. The van der Waals surface area contributed by atoms with Gasteiger partial charge in [0.1, 0.15) is 11.4 Å². The number of ether oxygens (including phenoxy) is 2. The maximum atomic E-state index is 12.3. The van der Waals surface area contributed by atoms with Crippen LogP contribution in [0.3, 0.4) is 0 Å². The Morgan fingerprint density at radius 3 is 2.31 bits per heavy atom. The lowest BCUT2D eigenvalue weighted by Crippen LogP contribution is -2.51. The monoisotopic (exact) mass is 423 g/mol. The van der Waals surface area contributed by atoms with Crippen LogP contribution in [0.2, 0.25) is 0 Å². The summed E-state index contributed by atoms with van der Waals surface area (Å²) in [7, 11) is 1.63. The highest BCUT2D eigenvalue weighted by Crippen LogP contribution is 2.25. The van der Waals surface area contributed by atoms with E-state index < -0.39 is 5.60 Å². The molecule has 1 unspecified atom stereocenters. The molecule has 7 nitrogen and oxygen atoms in total. The molecule has 1 fully saturated rings. The minimum absolute atomic E-state index is 0.0261. The molecule has 0 spiro atoms. The number of nitrogens with one attached hydrogen (secondary N) is 1. The van der Waals surface area contributed by atoms with Crippen LogP contribution in [0.1, 0.15) is 27.7 Å². The van der Waals surface area contributed by atoms with E-state index in [1.807, 2.05) is 52.0 Å². The van der Waals surface area contributed by atoms with Crippen LogP contribution in [0.4, 0.5) is 4.79 Å². The summed E-state index contributed by atoms with van der Waals surface area (Å²) in [6.45, 7) is 11.7. The van der Waals surface area contributed by atoms with Gasteiger partial charge in [-0.2, -0.15) is 0 Å². The van der Waals surface area contributed by atoms with Gasteiger partial charge in [0.25, 0.3) is 0 Å². The van der Waals surface area contributed by atoms with Gasteiger partial charge in [0.05, 0.1) is 12.4 Å². The molecule has 1 heterocycles. The molecule has 162 valence electrons. The topological polar surface area (TPSA) is 71.1 Å². The van der Waals surface area contributed by atoms with Crippen molar-refractivity contribution >= 4 is 23.8 Å². The van der Waals surface area contributed by atoms with Gasteiger partial charge in [0.2, 0.25) is 5.91 Å². The number of methoxy groups -OCH3 is 1. The van der Waals surface area contributed by atoms with E-state index in [9.17, 15) is 9.59 Å². The Hall–Kier alpha value is -1.93. The largest absolute Gasteiger partial charge is 0.497 e. The lowest BCUT2D eigenvalue weighted by molar-refractivity contribution is -0.120. The van der Waals surface area contributed by atoms with Crippen molar-refractivity contribution in [3.05, 3.63) is 24.3 Å². The summed E-state index contributed by atoms with van der Waals surface area (Å²) in [6.07, 6.45) is -0.255. The number of benzene rings is 1. The summed E-state index contributed by atoms with van der Waals surface area (Å²) >= 11 is 1.53. The summed E-state index contributed by atoms with van der Waals surface area (Å²) in [4.78, 5) is 29.5. The van der Waals surface area contributed by atoms with Crippen molar-refractivity contribution in [2.75, 3.05) is 46.4 Å². The standard InChI is InChI=1S/C21H33N3O4S/c1-16(29-18-8-6-17(27-5)7-9-18)19(25)22-10-11-23-12-14-24(15-13-23)20(26)28-21(2,3)4/h6-9,16H,10-15H2,1-5H3,(H,22,25). The van der Waals surface area contributed by atoms with Gasteiger partial charge < -0.3 is 19.7 Å². The molecule has 1 aliphatic rings. The summed E-state index contributed by atoms with van der Waals surface area (Å²) in [5.41, 5.74) is -0.473. The first-order valence-corrected chi connectivity index (χ1v) is 10.8. The quantitative estimate of drug-likeness (QED) is 0.680. The molecule has 1 aromatic carbocycles. The normalized spacial score (nSPS) is 16.2. The number of hydrogen-bond donors (Lipinski definition) is 1. The fraction of sp³-hybridized carbons (Fsp3) is 0.619. The molecule has 0 aliphatic carbocycles. The van der Waals surface area contributed by atoms with Gasteiger partial charge in [0.15, 0.2) is 0 Å². The van der Waals surface area contributed by atoms with Crippen molar-refractivity contribution < 1.29 is 19.1 Å². The Labute approximate surface area is 178 Å². The summed E-state index contributed by atoms with van der Waals surface area (Å²) in [5.74, 6) is 0.830. The van der Waals surface area contributed by atoms with Gasteiger partial charge in [-0.1, -0.05) is 0 Å². The average molecular weight is 424 g/mol. The van der Waals surface area contributed by atoms with Crippen LogP contribution < -0.4 is 10.1 Å². The van der Waals surface area contributed by atoms with E-state index in [1.54, 1.807) is 12.0 Å². The fourth-order valence-electron chi connectivity index (χ4n) is 2.87. The highest BCUT2D eigenvalue weighted by molar-refractivity contribution is 8.00. The molecule has 0 aromatic heterocycles. The van der Waals surface area contributed by atoms with Gasteiger partial charge in [-0.3, -0.25) is 9.69 Å². The van der Waals surface area contributed by atoms with Crippen LogP contribution in [0.15, 0.2) is 29.2 Å². The van der Waals surface area contributed by atoms with Gasteiger partial charge in [-0.15, -0.1) is 11.8 Å². The van der Waals surface area contributed by atoms with E-state index in [0.717, 1.165) is 30.3 Å². The lowest BCUT2D eigenvalue weighted by atomic mass is 10.2. The Bertz CT molecular complexity index is 667. The van der Waals surface area contributed by atoms with E-state index in [0.29, 0.717) is 19.6 Å². The highest BCUT2D eigenvalue weighted by Gasteiger charge is 2.25. The van der Waals surface area contributed by atoms with Crippen molar-refractivity contribution in [1.82, 2.24) is 15.1 Å². The number of hydrogen-bond acceptors (Lipinski definition) is 6. The zero-order chi connectivity index (χ0) is 21.4. The van der Waals surface area contributed by atoms with Crippen LogP contribution in [0.25, 0.3) is 0 Å². The van der Waals surface area contributed by atoms with Crippen molar-refractivity contribution in [3.63, 3.8) is 0 Å². The van der Waals surface area contributed by atoms with E-state index in [1.165, 1.54) is 11.8 Å². The number of amides is 2. The third-order valence-electron chi connectivity index (χ3n) is 4.49. The number of carbonyl (C=O) groups is 2. The maximum Gasteiger partial charge on any atom is 0.410 e. The second-order valence-corrected chi connectivity index (χ2v) is 9.45. The Morgan fingerprint density at radius 1 is 1.14 bits per heavy atom. The molecule has 1 saturated heterocycles. The van der Waals surface area contributed by atoms with E-state index in [4.69, 9.17) is 9.47 Å². The van der Waals surface area contributed by atoms with Crippen LogP contribution in [0.5, 0.6) is 5.75 Å². The van der Waals surface area contributed by atoms with Gasteiger partial charge >= 0.3 is 6.09 Å². The predicted molar refractivity (Wildman–Crippen MR) is 116 cm³/mol. The fourth-order valence-corrected chi connectivity index (χ4v) is 3.77. The second-order valence-electron chi connectivity index (χ2n) is 8.04. The van der Waals surface area contributed by atoms with Crippen molar-refractivity contribution in [1.29, 1.82) is 0 Å². The van der Waals surface area contributed by atoms with Crippen molar-refractivity contribution in [2.24, 2.45) is 0 Å².